The van der Waals surface area contributed by atoms with Gasteiger partial charge in [0.25, 0.3) is 5.91 Å². The Labute approximate surface area is 132 Å². The highest BCUT2D eigenvalue weighted by molar-refractivity contribution is 9.10. The molecule has 0 radical (unpaired) electrons. The number of nitrogens with two attached hydrogens (primary N) is 1. The van der Waals surface area contributed by atoms with Gasteiger partial charge in [0.15, 0.2) is 0 Å². The minimum absolute atomic E-state index is 0.0182. The fraction of sp³-hybridized carbons (Fsp3) is 0.467. The van der Waals surface area contributed by atoms with Crippen LogP contribution in [-0.4, -0.2) is 35.8 Å². The molecule has 3 rings (SSSR count). The van der Waals surface area contributed by atoms with Crippen molar-refractivity contribution in [1.29, 1.82) is 0 Å². The van der Waals surface area contributed by atoms with E-state index in [1.54, 1.807) is 12.1 Å². The molecule has 2 fully saturated rings. The second kappa shape index (κ2) is 5.67. The Morgan fingerprint density at radius 1 is 1.38 bits per heavy atom. The van der Waals surface area contributed by atoms with Crippen molar-refractivity contribution in [3.63, 3.8) is 0 Å². The van der Waals surface area contributed by atoms with E-state index in [2.05, 4.69) is 21.2 Å². The van der Waals surface area contributed by atoms with Crippen LogP contribution in [0.3, 0.4) is 0 Å². The summed E-state index contributed by atoms with van der Waals surface area (Å²) in [6, 6.07) is 5.56. The van der Waals surface area contributed by atoms with Gasteiger partial charge in [0.05, 0.1) is 5.56 Å². The highest BCUT2D eigenvalue weighted by Crippen LogP contribution is 2.27. The van der Waals surface area contributed by atoms with Crippen molar-refractivity contribution in [1.82, 2.24) is 10.2 Å². The Balaban J connectivity index is 1.73. The van der Waals surface area contributed by atoms with Crippen LogP contribution in [0, 0.1) is 5.92 Å². The smallest absolute Gasteiger partial charge is 0.255 e. The molecule has 1 aromatic rings. The lowest BCUT2D eigenvalue weighted by Crippen LogP contribution is -2.55. The second-order valence-electron chi connectivity index (χ2n) is 5.74. The van der Waals surface area contributed by atoms with Crippen LogP contribution in [0.4, 0.5) is 5.69 Å². The maximum atomic E-state index is 12.6. The molecular formula is C15H18BrN3O2. The van der Waals surface area contributed by atoms with E-state index >= 15 is 0 Å². The third-order valence-electron chi connectivity index (χ3n) is 4.35. The number of fused-ring (bicyclic) bond motifs is 1. The first kappa shape index (κ1) is 14.4. The maximum absolute atomic E-state index is 12.6. The van der Waals surface area contributed by atoms with E-state index < -0.39 is 0 Å². The number of hydrogen-bond donors (Lipinski definition) is 2. The summed E-state index contributed by atoms with van der Waals surface area (Å²) in [5.41, 5.74) is 6.99. The molecule has 2 saturated heterocycles. The number of carbonyl (C=O) groups excluding carboxylic acids is 2. The van der Waals surface area contributed by atoms with Crippen molar-refractivity contribution in [2.24, 2.45) is 5.92 Å². The highest BCUT2D eigenvalue weighted by atomic mass is 79.9. The van der Waals surface area contributed by atoms with Crippen LogP contribution < -0.4 is 11.1 Å². The molecule has 3 N–H and O–H groups in total. The number of piperidine rings is 2. The van der Waals surface area contributed by atoms with Crippen LogP contribution in [0.1, 0.15) is 29.6 Å². The molecule has 0 aromatic heterocycles. The number of halogens is 1. The van der Waals surface area contributed by atoms with Gasteiger partial charge in [-0.05, 0) is 37.0 Å². The summed E-state index contributed by atoms with van der Waals surface area (Å²) in [4.78, 5) is 25.9. The zero-order valence-corrected chi connectivity index (χ0v) is 13.2. The molecular weight excluding hydrogens is 334 g/mol. The molecule has 6 heteroatoms. The van der Waals surface area contributed by atoms with Crippen molar-refractivity contribution in [2.75, 3.05) is 18.8 Å². The summed E-state index contributed by atoms with van der Waals surface area (Å²) in [6.45, 7) is 1.36. The predicted molar refractivity (Wildman–Crippen MR) is 83.7 cm³/mol. The van der Waals surface area contributed by atoms with Gasteiger partial charge in [-0.2, -0.15) is 0 Å². The maximum Gasteiger partial charge on any atom is 0.255 e. The standard InChI is InChI=1S/C15H18BrN3O2/c16-10-2-3-11(12(17)7-10)15(21)19-6-5-13-9(8-19)1-4-14(20)18-13/h2-3,7,9,13H,1,4-6,8,17H2,(H,18,20). The van der Waals surface area contributed by atoms with Gasteiger partial charge in [-0.25, -0.2) is 0 Å². The molecule has 2 aliphatic heterocycles. The normalized spacial score (nSPS) is 25.2. The van der Waals surface area contributed by atoms with Crippen LogP contribution in [0.5, 0.6) is 0 Å². The summed E-state index contributed by atoms with van der Waals surface area (Å²) < 4.78 is 0.866. The average molecular weight is 352 g/mol. The summed E-state index contributed by atoms with van der Waals surface area (Å²) >= 11 is 3.35. The van der Waals surface area contributed by atoms with E-state index in [1.165, 1.54) is 0 Å². The van der Waals surface area contributed by atoms with Crippen molar-refractivity contribution < 1.29 is 9.59 Å². The van der Waals surface area contributed by atoms with Gasteiger partial charge in [0.2, 0.25) is 5.91 Å². The molecule has 0 spiro atoms. The Bertz CT molecular complexity index is 590. The minimum Gasteiger partial charge on any atom is -0.398 e. The molecule has 21 heavy (non-hydrogen) atoms. The largest absolute Gasteiger partial charge is 0.398 e. The van der Waals surface area contributed by atoms with Crippen LogP contribution >= 0.6 is 15.9 Å². The van der Waals surface area contributed by atoms with Gasteiger partial charge in [0, 0.05) is 35.7 Å². The van der Waals surface area contributed by atoms with Crippen molar-refractivity contribution >= 4 is 33.4 Å². The summed E-state index contributed by atoms with van der Waals surface area (Å²) in [5.74, 6) is 0.473. The molecule has 1 aromatic carbocycles. The van der Waals surface area contributed by atoms with Gasteiger partial charge >= 0.3 is 0 Å². The molecule has 0 saturated carbocycles. The monoisotopic (exact) mass is 351 g/mol. The van der Waals surface area contributed by atoms with E-state index in [9.17, 15) is 9.59 Å². The number of nitrogen functional groups attached to an aromatic ring is 1. The molecule has 112 valence electrons. The second-order valence-corrected chi connectivity index (χ2v) is 6.66. The summed E-state index contributed by atoms with van der Waals surface area (Å²) in [6.07, 6.45) is 2.23. The van der Waals surface area contributed by atoms with Crippen molar-refractivity contribution in [3.05, 3.63) is 28.2 Å². The van der Waals surface area contributed by atoms with Crippen LogP contribution in [0.2, 0.25) is 0 Å². The number of anilines is 1. The number of nitrogens with one attached hydrogen (secondary N) is 1. The van der Waals surface area contributed by atoms with Crippen LogP contribution in [0.15, 0.2) is 22.7 Å². The Morgan fingerprint density at radius 3 is 2.95 bits per heavy atom. The van der Waals surface area contributed by atoms with Gasteiger partial charge < -0.3 is 16.0 Å². The summed E-state index contributed by atoms with van der Waals surface area (Å²) in [5, 5.41) is 3.03. The Morgan fingerprint density at radius 2 is 2.19 bits per heavy atom. The molecule has 5 nitrogen and oxygen atoms in total. The molecule has 2 heterocycles. The van der Waals surface area contributed by atoms with E-state index in [1.807, 2.05) is 11.0 Å². The predicted octanol–water partition coefficient (Wildman–Crippen LogP) is 1.77. The van der Waals surface area contributed by atoms with Gasteiger partial charge in [-0.15, -0.1) is 0 Å². The van der Waals surface area contributed by atoms with E-state index in [4.69, 9.17) is 5.73 Å². The van der Waals surface area contributed by atoms with E-state index in [-0.39, 0.29) is 17.9 Å². The lowest BCUT2D eigenvalue weighted by atomic mass is 9.85. The number of carbonyl (C=O) groups is 2. The van der Waals surface area contributed by atoms with Crippen LogP contribution in [-0.2, 0) is 4.79 Å². The third kappa shape index (κ3) is 2.90. The number of rotatable bonds is 1. The Kier molecular flexibility index (Phi) is 3.89. The first-order valence-electron chi connectivity index (χ1n) is 7.18. The van der Waals surface area contributed by atoms with Gasteiger partial charge in [-0.1, -0.05) is 15.9 Å². The van der Waals surface area contributed by atoms with E-state index in [0.717, 1.165) is 17.3 Å². The van der Waals surface area contributed by atoms with Crippen molar-refractivity contribution in [2.45, 2.75) is 25.3 Å². The molecule has 2 unspecified atom stereocenters. The minimum atomic E-state index is -0.0182. The lowest BCUT2D eigenvalue weighted by molar-refractivity contribution is -0.125. The Hall–Kier alpha value is -1.56. The fourth-order valence-corrected chi connectivity index (χ4v) is 3.57. The first-order chi connectivity index (χ1) is 10.0. The zero-order valence-electron chi connectivity index (χ0n) is 11.6. The zero-order chi connectivity index (χ0) is 15.0. The van der Waals surface area contributed by atoms with Gasteiger partial charge in [-0.3, -0.25) is 9.59 Å². The van der Waals surface area contributed by atoms with Crippen LogP contribution in [0.25, 0.3) is 0 Å². The van der Waals surface area contributed by atoms with E-state index in [0.29, 0.717) is 36.7 Å². The number of hydrogen-bond acceptors (Lipinski definition) is 3. The number of amides is 2. The average Bonchev–Trinajstić information content (AvgIpc) is 2.46. The number of likely N-dealkylation sites (tertiary alicyclic amines) is 1. The van der Waals surface area contributed by atoms with Gasteiger partial charge in [0.1, 0.15) is 0 Å². The fourth-order valence-electron chi connectivity index (χ4n) is 3.19. The molecule has 2 atom stereocenters. The first-order valence-corrected chi connectivity index (χ1v) is 7.97. The molecule has 0 bridgehead atoms. The topological polar surface area (TPSA) is 75.4 Å². The number of nitrogens with zero attached hydrogens (tertiary/aromatic N) is 1. The SMILES string of the molecule is Nc1cc(Br)ccc1C(=O)N1CCC2NC(=O)CCC2C1. The highest BCUT2D eigenvalue weighted by Gasteiger charge is 2.35. The van der Waals surface area contributed by atoms with Crippen molar-refractivity contribution in [3.8, 4) is 0 Å². The third-order valence-corrected chi connectivity index (χ3v) is 4.85. The summed E-state index contributed by atoms with van der Waals surface area (Å²) in [7, 11) is 0. The number of benzene rings is 1. The molecule has 2 amide bonds. The molecule has 0 aliphatic carbocycles. The quantitative estimate of drug-likeness (QED) is 0.757. The molecule has 2 aliphatic rings. The lowest BCUT2D eigenvalue weighted by Gasteiger charge is -2.41.